The average molecular weight is 790 g/mol. The molecule has 62 heavy (non-hydrogen) atoms. The summed E-state index contributed by atoms with van der Waals surface area (Å²) in [6, 6.07) is 67.4. The Labute approximate surface area is 360 Å². The SMILES string of the molecule is C=CC1=C(/C=C\C)c2c(-c3cc4ccccc4cc3-c3nc(-c4ccccc4)nc(-c4ccccc4)n3)cccc2C12c1ccccc1-c1c2c2ccccc2c2ccccc12. The van der Waals surface area contributed by atoms with E-state index in [-0.39, 0.29) is 0 Å². The van der Waals surface area contributed by atoms with Crippen LogP contribution in [0, 0.1) is 0 Å². The van der Waals surface area contributed by atoms with Crippen LogP contribution in [0.5, 0.6) is 0 Å². The van der Waals surface area contributed by atoms with Gasteiger partial charge in [0.15, 0.2) is 17.5 Å². The molecule has 1 aromatic heterocycles. The van der Waals surface area contributed by atoms with Gasteiger partial charge in [0.1, 0.15) is 0 Å². The van der Waals surface area contributed by atoms with Crippen molar-refractivity contribution in [2.24, 2.45) is 0 Å². The van der Waals surface area contributed by atoms with Crippen LogP contribution >= 0.6 is 0 Å². The van der Waals surface area contributed by atoms with Crippen molar-refractivity contribution in [1.29, 1.82) is 0 Å². The predicted octanol–water partition coefficient (Wildman–Crippen LogP) is 14.8. The standard InChI is InChI=1S/C59H39N3/c1-3-20-46-50(4-2)59(51-33-18-17-31-47(51)54-43-29-15-13-27-41(43)42-28-14-16-30-45(42)55(54)59)52-34-19-32-44(53(46)52)48-35-39-25-11-12-26-40(39)36-49(48)58-61-56(37-21-7-5-8-22-37)60-57(62-58)38-23-9-6-10-24-38/h3-36H,2H2,1H3/b20-3-. The van der Waals surface area contributed by atoms with E-state index < -0.39 is 5.41 Å². The molecule has 0 bridgehead atoms. The van der Waals surface area contributed by atoms with E-state index in [1.165, 1.54) is 60.5 Å². The van der Waals surface area contributed by atoms with Crippen LogP contribution in [0.3, 0.4) is 0 Å². The lowest BCUT2D eigenvalue weighted by molar-refractivity contribution is 0.795. The molecule has 12 rings (SSSR count). The molecule has 0 fully saturated rings. The van der Waals surface area contributed by atoms with Crippen LogP contribution in [-0.4, -0.2) is 15.0 Å². The first-order chi connectivity index (χ1) is 30.7. The first-order valence-electron chi connectivity index (χ1n) is 21.3. The highest BCUT2D eigenvalue weighted by Crippen LogP contribution is 2.66. The van der Waals surface area contributed by atoms with E-state index in [9.17, 15) is 0 Å². The molecule has 1 unspecified atom stereocenters. The van der Waals surface area contributed by atoms with Gasteiger partial charge in [-0.25, -0.2) is 15.0 Å². The number of hydrogen-bond acceptors (Lipinski definition) is 3. The van der Waals surface area contributed by atoms with E-state index in [0.29, 0.717) is 17.5 Å². The van der Waals surface area contributed by atoms with Crippen LogP contribution in [-0.2, 0) is 5.41 Å². The molecule has 2 aliphatic carbocycles. The highest BCUT2D eigenvalue weighted by molar-refractivity contribution is 6.20. The van der Waals surface area contributed by atoms with Crippen molar-refractivity contribution in [2.75, 3.05) is 0 Å². The van der Waals surface area contributed by atoms with Gasteiger partial charge in [-0.05, 0) is 107 Å². The van der Waals surface area contributed by atoms with Crippen LogP contribution in [0.1, 0.15) is 29.2 Å². The number of rotatable bonds is 6. The minimum absolute atomic E-state index is 0.623. The summed E-state index contributed by atoms with van der Waals surface area (Å²) in [5, 5.41) is 7.30. The summed E-state index contributed by atoms with van der Waals surface area (Å²) in [4.78, 5) is 15.7. The third-order valence-electron chi connectivity index (χ3n) is 13.0. The Kier molecular flexibility index (Phi) is 8.13. The normalized spacial score (nSPS) is 15.2. The Bertz CT molecular complexity index is 3490. The smallest absolute Gasteiger partial charge is 0.164 e. The maximum absolute atomic E-state index is 5.30. The molecule has 10 aromatic rings. The molecule has 0 aliphatic heterocycles. The van der Waals surface area contributed by atoms with Crippen LogP contribution in [0.25, 0.3) is 94.3 Å². The number of aromatic nitrogens is 3. The Morgan fingerprint density at radius 3 is 1.61 bits per heavy atom. The Hall–Kier alpha value is -8.01. The number of allylic oxidation sites excluding steroid dienone is 5. The zero-order chi connectivity index (χ0) is 41.4. The molecular weight excluding hydrogens is 751 g/mol. The number of fused-ring (bicyclic) bond motifs is 13. The number of nitrogens with zero attached hydrogens (tertiary/aromatic N) is 3. The van der Waals surface area contributed by atoms with Gasteiger partial charge in [0.05, 0.1) is 5.41 Å². The maximum Gasteiger partial charge on any atom is 0.164 e. The molecule has 0 amide bonds. The van der Waals surface area contributed by atoms with Crippen molar-refractivity contribution >= 4 is 37.9 Å². The fourth-order valence-corrected chi connectivity index (χ4v) is 10.6. The Balaban J connectivity index is 1.21. The van der Waals surface area contributed by atoms with Crippen molar-refractivity contribution in [3.8, 4) is 56.4 Å². The van der Waals surface area contributed by atoms with Crippen molar-refractivity contribution in [2.45, 2.75) is 12.3 Å². The van der Waals surface area contributed by atoms with Gasteiger partial charge in [0.25, 0.3) is 0 Å². The number of benzene rings is 9. The fourth-order valence-electron chi connectivity index (χ4n) is 10.6. The molecule has 1 heterocycles. The summed E-state index contributed by atoms with van der Waals surface area (Å²) in [6.07, 6.45) is 6.59. The first-order valence-corrected chi connectivity index (χ1v) is 21.3. The minimum atomic E-state index is -0.636. The van der Waals surface area contributed by atoms with Gasteiger partial charge in [0, 0.05) is 16.7 Å². The molecule has 0 saturated heterocycles. The van der Waals surface area contributed by atoms with Crippen LogP contribution in [0.4, 0.5) is 0 Å². The topological polar surface area (TPSA) is 38.7 Å². The largest absolute Gasteiger partial charge is 0.208 e. The molecule has 3 heteroatoms. The second kappa shape index (κ2) is 14.0. The van der Waals surface area contributed by atoms with Crippen LogP contribution in [0.2, 0.25) is 0 Å². The maximum atomic E-state index is 5.30. The van der Waals surface area contributed by atoms with E-state index in [4.69, 9.17) is 15.0 Å². The zero-order valence-corrected chi connectivity index (χ0v) is 34.2. The molecule has 1 atom stereocenters. The van der Waals surface area contributed by atoms with Gasteiger partial charge < -0.3 is 0 Å². The predicted molar refractivity (Wildman–Crippen MR) is 258 cm³/mol. The molecular formula is C59H39N3. The van der Waals surface area contributed by atoms with Crippen molar-refractivity contribution in [3.63, 3.8) is 0 Å². The summed E-state index contributed by atoms with van der Waals surface area (Å²) >= 11 is 0. The quantitative estimate of drug-likeness (QED) is 0.158. The van der Waals surface area contributed by atoms with E-state index in [1.54, 1.807) is 0 Å². The molecule has 3 nitrogen and oxygen atoms in total. The van der Waals surface area contributed by atoms with E-state index in [2.05, 4.69) is 183 Å². The highest BCUT2D eigenvalue weighted by Gasteiger charge is 2.53. The van der Waals surface area contributed by atoms with Gasteiger partial charge >= 0.3 is 0 Å². The summed E-state index contributed by atoms with van der Waals surface area (Å²) < 4.78 is 0. The molecule has 0 N–H and O–H groups in total. The second-order valence-electron chi connectivity index (χ2n) is 16.2. The summed E-state index contributed by atoms with van der Waals surface area (Å²) in [5.74, 6) is 1.89. The van der Waals surface area contributed by atoms with Gasteiger partial charge in [-0.1, -0.05) is 201 Å². The minimum Gasteiger partial charge on any atom is -0.208 e. The summed E-state index contributed by atoms with van der Waals surface area (Å²) in [7, 11) is 0. The van der Waals surface area contributed by atoms with Crippen LogP contribution < -0.4 is 0 Å². The Morgan fingerprint density at radius 1 is 0.435 bits per heavy atom. The summed E-state index contributed by atoms with van der Waals surface area (Å²) in [6.45, 7) is 6.75. The average Bonchev–Trinajstić information content (AvgIpc) is 3.81. The lowest BCUT2D eigenvalue weighted by Crippen LogP contribution is -2.27. The third kappa shape index (κ3) is 5.09. The zero-order valence-electron chi connectivity index (χ0n) is 34.2. The lowest BCUT2D eigenvalue weighted by Gasteiger charge is -2.33. The fraction of sp³-hybridized carbons (Fsp3) is 0.0339. The third-order valence-corrected chi connectivity index (χ3v) is 13.0. The first kappa shape index (κ1) is 35.9. The van der Waals surface area contributed by atoms with Gasteiger partial charge in [-0.2, -0.15) is 0 Å². The van der Waals surface area contributed by atoms with Crippen molar-refractivity contribution in [3.05, 3.63) is 241 Å². The van der Waals surface area contributed by atoms with E-state index in [0.717, 1.165) is 44.2 Å². The van der Waals surface area contributed by atoms with E-state index >= 15 is 0 Å². The lowest BCUT2D eigenvalue weighted by atomic mass is 9.68. The molecule has 0 radical (unpaired) electrons. The van der Waals surface area contributed by atoms with Gasteiger partial charge in [0.2, 0.25) is 0 Å². The Morgan fingerprint density at radius 2 is 0.952 bits per heavy atom. The molecule has 290 valence electrons. The summed E-state index contributed by atoms with van der Waals surface area (Å²) in [5.41, 5.74) is 14.3. The van der Waals surface area contributed by atoms with Crippen molar-refractivity contribution in [1.82, 2.24) is 15.0 Å². The molecule has 1 spiro atoms. The molecule has 0 saturated carbocycles. The highest BCUT2D eigenvalue weighted by atomic mass is 15.0. The monoisotopic (exact) mass is 789 g/mol. The van der Waals surface area contributed by atoms with Gasteiger partial charge in [-0.15, -0.1) is 0 Å². The van der Waals surface area contributed by atoms with Crippen LogP contribution in [0.15, 0.2) is 218 Å². The van der Waals surface area contributed by atoms with E-state index in [1.807, 2.05) is 36.4 Å². The second-order valence-corrected chi connectivity index (χ2v) is 16.2. The van der Waals surface area contributed by atoms with Crippen molar-refractivity contribution < 1.29 is 0 Å². The molecule has 9 aromatic carbocycles. The van der Waals surface area contributed by atoms with Gasteiger partial charge in [-0.3, -0.25) is 0 Å². The molecule has 2 aliphatic rings. The number of hydrogen-bond donors (Lipinski definition) is 0.